The quantitative estimate of drug-likeness (QED) is 0.507. The molecule has 1 N–H and O–H groups in total. The molecule has 5 heteroatoms. The lowest BCUT2D eigenvalue weighted by Gasteiger charge is -2.42. The number of rotatable bonds is 13. The van der Waals surface area contributed by atoms with Crippen molar-refractivity contribution in [3.8, 4) is 0 Å². The molecule has 0 bridgehead atoms. The number of ether oxygens (including phenoxy) is 4. The fraction of sp³-hybridized carbons (Fsp3) is 1.00. The first kappa shape index (κ1) is 22.8. The lowest BCUT2D eigenvalue weighted by molar-refractivity contribution is -0.258. The number of methoxy groups -OCH3 is 2. The molecular formula is C20H40O5. The van der Waals surface area contributed by atoms with Crippen molar-refractivity contribution in [2.45, 2.75) is 90.3 Å². The smallest absolute Gasteiger partial charge is 0.160 e. The van der Waals surface area contributed by atoms with Gasteiger partial charge in [0, 0.05) is 32.7 Å². The van der Waals surface area contributed by atoms with Gasteiger partial charge in [-0.15, -0.1) is 0 Å². The summed E-state index contributed by atoms with van der Waals surface area (Å²) in [5.74, 6) is 0.145. The minimum absolute atomic E-state index is 0.0223. The predicted octanol–water partition coefficient (Wildman–Crippen LogP) is 3.77. The second-order valence-electron chi connectivity index (χ2n) is 7.42. The molecule has 1 rings (SSSR count). The van der Waals surface area contributed by atoms with Crippen molar-refractivity contribution < 1.29 is 24.1 Å². The molecule has 25 heavy (non-hydrogen) atoms. The van der Waals surface area contributed by atoms with E-state index in [4.69, 9.17) is 18.9 Å². The van der Waals surface area contributed by atoms with Crippen LogP contribution in [0.2, 0.25) is 0 Å². The van der Waals surface area contributed by atoms with Gasteiger partial charge in [0.05, 0.1) is 24.9 Å². The molecule has 1 heterocycles. The van der Waals surface area contributed by atoms with E-state index >= 15 is 0 Å². The maximum Gasteiger partial charge on any atom is 0.160 e. The van der Waals surface area contributed by atoms with E-state index in [2.05, 4.69) is 13.8 Å². The van der Waals surface area contributed by atoms with Crippen molar-refractivity contribution in [1.29, 1.82) is 0 Å². The molecular weight excluding hydrogens is 320 g/mol. The van der Waals surface area contributed by atoms with Gasteiger partial charge in [0.1, 0.15) is 0 Å². The summed E-state index contributed by atoms with van der Waals surface area (Å²) in [7, 11) is 3.44. The van der Waals surface area contributed by atoms with E-state index in [9.17, 15) is 5.11 Å². The number of hydrogen-bond donors (Lipinski definition) is 1. The van der Waals surface area contributed by atoms with Crippen molar-refractivity contribution in [1.82, 2.24) is 0 Å². The fourth-order valence-electron chi connectivity index (χ4n) is 3.63. The van der Waals surface area contributed by atoms with E-state index < -0.39 is 6.29 Å². The van der Waals surface area contributed by atoms with E-state index in [1.807, 2.05) is 6.92 Å². The highest BCUT2D eigenvalue weighted by molar-refractivity contribution is 4.85. The molecule has 0 aromatic heterocycles. The second kappa shape index (κ2) is 13.0. The Labute approximate surface area is 154 Å². The van der Waals surface area contributed by atoms with Crippen LogP contribution in [0.3, 0.4) is 0 Å². The minimum atomic E-state index is -0.793. The average Bonchev–Trinajstić information content (AvgIpc) is 2.60. The van der Waals surface area contributed by atoms with Gasteiger partial charge in [-0.2, -0.15) is 0 Å². The van der Waals surface area contributed by atoms with Crippen LogP contribution in [0.4, 0.5) is 0 Å². The molecule has 1 saturated heterocycles. The molecule has 150 valence electrons. The Hall–Kier alpha value is -0.200. The third kappa shape index (κ3) is 7.92. The van der Waals surface area contributed by atoms with Gasteiger partial charge in [0.15, 0.2) is 6.29 Å². The van der Waals surface area contributed by atoms with Crippen LogP contribution in [0.25, 0.3) is 0 Å². The van der Waals surface area contributed by atoms with Gasteiger partial charge in [-0.05, 0) is 12.8 Å². The molecule has 6 atom stereocenters. The Bertz CT molecular complexity index is 325. The molecule has 1 aliphatic rings. The Kier molecular flexibility index (Phi) is 11.9. The summed E-state index contributed by atoms with van der Waals surface area (Å²) in [6.07, 6.45) is 7.73. The van der Waals surface area contributed by atoms with Crippen molar-refractivity contribution in [2.24, 2.45) is 11.8 Å². The van der Waals surface area contributed by atoms with E-state index in [-0.39, 0.29) is 30.1 Å². The molecule has 1 fully saturated rings. The van der Waals surface area contributed by atoms with Crippen molar-refractivity contribution in [3.63, 3.8) is 0 Å². The lowest BCUT2D eigenvalue weighted by Crippen LogP contribution is -2.51. The highest BCUT2D eigenvalue weighted by atomic mass is 16.6. The van der Waals surface area contributed by atoms with Crippen LogP contribution < -0.4 is 0 Å². The zero-order chi connectivity index (χ0) is 18.7. The maximum absolute atomic E-state index is 10.1. The van der Waals surface area contributed by atoms with Crippen LogP contribution >= 0.6 is 0 Å². The maximum atomic E-state index is 10.1. The van der Waals surface area contributed by atoms with Crippen molar-refractivity contribution in [2.75, 3.05) is 27.4 Å². The summed E-state index contributed by atoms with van der Waals surface area (Å²) in [4.78, 5) is 0. The molecule has 0 aromatic carbocycles. The normalized spacial score (nSPS) is 31.2. The number of unbranched alkanes of at least 4 members (excludes halogenated alkanes) is 4. The van der Waals surface area contributed by atoms with Gasteiger partial charge in [-0.25, -0.2) is 0 Å². The number of hydrogen-bond acceptors (Lipinski definition) is 5. The number of aliphatic hydroxyl groups excluding tert-OH is 1. The molecule has 0 saturated carbocycles. The SMILES string of the molecule is CCCCCCC[C@H](CCO[C@H]1[C@H](C)C(COC)OC(O)[C@@H]1C)OC. The van der Waals surface area contributed by atoms with Crippen LogP contribution in [0.15, 0.2) is 0 Å². The van der Waals surface area contributed by atoms with Gasteiger partial charge in [0.2, 0.25) is 0 Å². The minimum Gasteiger partial charge on any atom is -0.382 e. The standard InChI is InChI=1S/C20H40O5/c1-6-7-8-9-10-11-17(23-5)12-13-24-19-15(2)18(14-22-4)25-20(21)16(19)3/h15-21H,6-14H2,1-5H3/t15-,16-,17-,18?,19+,20?/m1/s1. The summed E-state index contributed by atoms with van der Waals surface area (Å²) in [6.45, 7) is 7.46. The van der Waals surface area contributed by atoms with Gasteiger partial charge < -0.3 is 24.1 Å². The first-order chi connectivity index (χ1) is 12.0. The summed E-state index contributed by atoms with van der Waals surface area (Å²) in [6, 6.07) is 0. The van der Waals surface area contributed by atoms with Crippen molar-refractivity contribution >= 4 is 0 Å². The highest BCUT2D eigenvalue weighted by Gasteiger charge is 2.41. The zero-order valence-electron chi connectivity index (χ0n) is 16.9. The summed E-state index contributed by atoms with van der Waals surface area (Å²) in [5.41, 5.74) is 0. The van der Waals surface area contributed by atoms with Crippen LogP contribution in [-0.2, 0) is 18.9 Å². The largest absolute Gasteiger partial charge is 0.382 e. The summed E-state index contributed by atoms with van der Waals surface area (Å²) in [5, 5.41) is 10.1. The lowest BCUT2D eigenvalue weighted by atomic mass is 9.86. The second-order valence-corrected chi connectivity index (χ2v) is 7.42. The van der Waals surface area contributed by atoms with E-state index in [0.717, 1.165) is 12.8 Å². The Morgan fingerprint density at radius 1 is 1.00 bits per heavy atom. The molecule has 0 aliphatic carbocycles. The molecule has 2 unspecified atom stereocenters. The monoisotopic (exact) mass is 360 g/mol. The first-order valence-electron chi connectivity index (χ1n) is 10.0. The molecule has 0 aromatic rings. The Morgan fingerprint density at radius 2 is 1.72 bits per heavy atom. The highest BCUT2D eigenvalue weighted by Crippen LogP contribution is 2.31. The molecule has 0 radical (unpaired) electrons. The van der Waals surface area contributed by atoms with Gasteiger partial charge in [0.25, 0.3) is 0 Å². The third-order valence-electron chi connectivity index (χ3n) is 5.43. The topological polar surface area (TPSA) is 57.2 Å². The van der Waals surface area contributed by atoms with E-state index in [0.29, 0.717) is 13.2 Å². The van der Waals surface area contributed by atoms with E-state index in [1.54, 1.807) is 14.2 Å². The molecule has 5 nitrogen and oxygen atoms in total. The van der Waals surface area contributed by atoms with Gasteiger partial charge in [-0.3, -0.25) is 0 Å². The van der Waals surface area contributed by atoms with Crippen LogP contribution in [0.1, 0.15) is 65.7 Å². The Morgan fingerprint density at radius 3 is 2.36 bits per heavy atom. The number of aliphatic hydroxyl groups is 1. The molecule has 1 aliphatic heterocycles. The van der Waals surface area contributed by atoms with Crippen molar-refractivity contribution in [3.05, 3.63) is 0 Å². The van der Waals surface area contributed by atoms with Gasteiger partial charge in [-0.1, -0.05) is 52.9 Å². The third-order valence-corrected chi connectivity index (χ3v) is 5.43. The first-order valence-corrected chi connectivity index (χ1v) is 10.0. The van der Waals surface area contributed by atoms with E-state index in [1.165, 1.54) is 32.1 Å². The molecule has 0 amide bonds. The Balaban J connectivity index is 2.35. The van der Waals surface area contributed by atoms with Gasteiger partial charge >= 0.3 is 0 Å². The average molecular weight is 361 g/mol. The van der Waals surface area contributed by atoms with Crippen LogP contribution in [-0.4, -0.2) is 57.1 Å². The zero-order valence-corrected chi connectivity index (χ0v) is 16.9. The summed E-state index contributed by atoms with van der Waals surface area (Å²) < 4.78 is 22.6. The fourth-order valence-corrected chi connectivity index (χ4v) is 3.63. The molecule has 0 spiro atoms. The van der Waals surface area contributed by atoms with Crippen LogP contribution in [0, 0.1) is 11.8 Å². The predicted molar refractivity (Wildman–Crippen MR) is 99.6 cm³/mol. The van der Waals surface area contributed by atoms with Crippen LogP contribution in [0.5, 0.6) is 0 Å². The summed E-state index contributed by atoms with van der Waals surface area (Å²) >= 11 is 0.